The molecule has 0 aromatic rings. The van der Waals surface area contributed by atoms with Crippen molar-refractivity contribution in [3.05, 3.63) is 0 Å². The van der Waals surface area contributed by atoms with Gasteiger partial charge in [-0.3, -0.25) is 0 Å². The molecule has 1 rings (SSSR count). The van der Waals surface area contributed by atoms with Gasteiger partial charge in [0, 0.05) is 19.6 Å². The van der Waals surface area contributed by atoms with E-state index < -0.39 is 6.17 Å². The smallest absolute Gasteiger partial charge is 0.317 e. The van der Waals surface area contributed by atoms with Gasteiger partial charge in [0.05, 0.1) is 6.17 Å². The van der Waals surface area contributed by atoms with Gasteiger partial charge >= 0.3 is 6.03 Å². The Labute approximate surface area is 78.3 Å². The van der Waals surface area contributed by atoms with E-state index in [-0.39, 0.29) is 6.03 Å². The van der Waals surface area contributed by atoms with E-state index in [1.807, 2.05) is 0 Å². The van der Waals surface area contributed by atoms with Gasteiger partial charge in [-0.2, -0.15) is 0 Å². The Hall–Kier alpha value is -0.800. The van der Waals surface area contributed by atoms with Crippen molar-refractivity contribution in [3.8, 4) is 0 Å². The molecule has 0 aromatic carbocycles. The SMILES string of the molecule is CC(F)CCNC(=O)N1CCCC1. The third-order valence-electron chi connectivity index (χ3n) is 2.21. The van der Waals surface area contributed by atoms with Crippen LogP contribution in [0.25, 0.3) is 0 Å². The monoisotopic (exact) mass is 188 g/mol. The minimum Gasteiger partial charge on any atom is -0.338 e. The van der Waals surface area contributed by atoms with Gasteiger partial charge in [-0.05, 0) is 26.2 Å². The van der Waals surface area contributed by atoms with Crippen LogP contribution in [0.15, 0.2) is 0 Å². The summed E-state index contributed by atoms with van der Waals surface area (Å²) < 4.78 is 12.4. The summed E-state index contributed by atoms with van der Waals surface area (Å²) in [5, 5.41) is 2.70. The van der Waals surface area contributed by atoms with Crippen LogP contribution in [-0.2, 0) is 0 Å². The van der Waals surface area contributed by atoms with Crippen LogP contribution in [0.1, 0.15) is 26.2 Å². The van der Waals surface area contributed by atoms with Crippen molar-refractivity contribution in [1.29, 1.82) is 0 Å². The van der Waals surface area contributed by atoms with Crippen molar-refractivity contribution in [2.24, 2.45) is 0 Å². The molecule has 4 heteroatoms. The third kappa shape index (κ3) is 3.61. The molecule has 76 valence electrons. The van der Waals surface area contributed by atoms with E-state index in [1.165, 1.54) is 6.92 Å². The van der Waals surface area contributed by atoms with E-state index in [0.29, 0.717) is 13.0 Å². The number of likely N-dealkylation sites (tertiary alicyclic amines) is 1. The Kier molecular flexibility index (Phi) is 3.99. The number of nitrogens with zero attached hydrogens (tertiary/aromatic N) is 1. The maximum absolute atomic E-state index is 12.4. The second kappa shape index (κ2) is 5.04. The first-order valence-electron chi connectivity index (χ1n) is 4.87. The molecule has 1 unspecified atom stereocenters. The van der Waals surface area contributed by atoms with E-state index in [1.54, 1.807) is 4.90 Å². The second-order valence-corrected chi connectivity index (χ2v) is 3.50. The highest BCUT2D eigenvalue weighted by molar-refractivity contribution is 5.74. The third-order valence-corrected chi connectivity index (χ3v) is 2.21. The van der Waals surface area contributed by atoms with Gasteiger partial charge in [-0.25, -0.2) is 9.18 Å². The fourth-order valence-electron chi connectivity index (χ4n) is 1.41. The molecule has 0 bridgehead atoms. The van der Waals surface area contributed by atoms with Crippen LogP contribution in [0.2, 0.25) is 0 Å². The van der Waals surface area contributed by atoms with Gasteiger partial charge in [-0.15, -0.1) is 0 Å². The molecule has 0 saturated carbocycles. The predicted octanol–water partition coefficient (Wildman–Crippen LogP) is 1.54. The molecule has 0 aliphatic carbocycles. The van der Waals surface area contributed by atoms with Crippen LogP contribution >= 0.6 is 0 Å². The van der Waals surface area contributed by atoms with Crippen LogP contribution in [0, 0.1) is 0 Å². The zero-order chi connectivity index (χ0) is 9.68. The summed E-state index contributed by atoms with van der Waals surface area (Å²) in [4.78, 5) is 13.1. The minimum absolute atomic E-state index is 0.0434. The lowest BCUT2D eigenvalue weighted by molar-refractivity contribution is 0.207. The second-order valence-electron chi connectivity index (χ2n) is 3.50. The number of hydrogen-bond acceptors (Lipinski definition) is 1. The van der Waals surface area contributed by atoms with Gasteiger partial charge in [0.1, 0.15) is 0 Å². The summed E-state index contributed by atoms with van der Waals surface area (Å²) in [5.41, 5.74) is 0. The first-order chi connectivity index (χ1) is 6.20. The Balaban J connectivity index is 2.10. The topological polar surface area (TPSA) is 32.3 Å². The van der Waals surface area contributed by atoms with E-state index in [9.17, 15) is 9.18 Å². The number of halogens is 1. The first kappa shape index (κ1) is 10.3. The van der Waals surface area contributed by atoms with Gasteiger partial charge in [0.15, 0.2) is 0 Å². The number of hydrogen-bond donors (Lipinski definition) is 1. The molecular formula is C9H17FN2O. The van der Waals surface area contributed by atoms with Gasteiger partial charge < -0.3 is 10.2 Å². The van der Waals surface area contributed by atoms with Crippen LogP contribution in [-0.4, -0.2) is 36.7 Å². The average Bonchev–Trinajstić information content (AvgIpc) is 2.55. The van der Waals surface area contributed by atoms with E-state index >= 15 is 0 Å². The molecule has 0 radical (unpaired) electrons. The Morgan fingerprint density at radius 2 is 2.15 bits per heavy atom. The Morgan fingerprint density at radius 3 is 2.69 bits per heavy atom. The van der Waals surface area contributed by atoms with Gasteiger partial charge in [-0.1, -0.05) is 0 Å². The Bertz CT molecular complexity index is 167. The summed E-state index contributed by atoms with van der Waals surface area (Å²) in [6.07, 6.45) is 1.75. The lowest BCUT2D eigenvalue weighted by atomic mass is 10.3. The van der Waals surface area contributed by atoms with E-state index in [2.05, 4.69) is 5.32 Å². The van der Waals surface area contributed by atoms with Crippen LogP contribution in [0.5, 0.6) is 0 Å². The van der Waals surface area contributed by atoms with E-state index in [0.717, 1.165) is 25.9 Å². The molecular weight excluding hydrogens is 171 g/mol. The fourth-order valence-corrected chi connectivity index (χ4v) is 1.41. The summed E-state index contributed by atoms with van der Waals surface area (Å²) in [7, 11) is 0. The maximum atomic E-state index is 12.4. The van der Waals surface area contributed by atoms with Gasteiger partial charge in [0.2, 0.25) is 0 Å². The lowest BCUT2D eigenvalue weighted by Gasteiger charge is -2.16. The minimum atomic E-state index is -0.834. The predicted molar refractivity (Wildman–Crippen MR) is 49.4 cm³/mol. The zero-order valence-electron chi connectivity index (χ0n) is 8.05. The van der Waals surface area contributed by atoms with Gasteiger partial charge in [0.25, 0.3) is 0 Å². The molecule has 0 aromatic heterocycles. The van der Waals surface area contributed by atoms with Crippen molar-refractivity contribution in [3.63, 3.8) is 0 Å². The Morgan fingerprint density at radius 1 is 1.54 bits per heavy atom. The summed E-state index contributed by atoms with van der Waals surface area (Å²) in [5.74, 6) is 0. The molecule has 1 aliphatic heterocycles. The summed E-state index contributed by atoms with van der Waals surface area (Å²) >= 11 is 0. The largest absolute Gasteiger partial charge is 0.338 e. The fraction of sp³-hybridized carbons (Fsp3) is 0.889. The van der Waals surface area contributed by atoms with Crippen LogP contribution in [0.4, 0.5) is 9.18 Å². The number of alkyl halides is 1. The number of nitrogens with one attached hydrogen (secondary N) is 1. The normalized spacial score (nSPS) is 18.8. The molecule has 1 N–H and O–H groups in total. The number of amides is 2. The molecule has 0 spiro atoms. The van der Waals surface area contributed by atoms with Crippen LogP contribution in [0.3, 0.4) is 0 Å². The molecule has 1 atom stereocenters. The number of urea groups is 1. The van der Waals surface area contributed by atoms with Crippen molar-refractivity contribution < 1.29 is 9.18 Å². The molecule has 13 heavy (non-hydrogen) atoms. The summed E-state index contributed by atoms with van der Waals surface area (Å²) in [6.45, 7) is 3.63. The highest BCUT2D eigenvalue weighted by atomic mass is 19.1. The highest BCUT2D eigenvalue weighted by Gasteiger charge is 2.16. The number of carbonyl (C=O) groups excluding carboxylic acids is 1. The lowest BCUT2D eigenvalue weighted by Crippen LogP contribution is -2.38. The summed E-state index contributed by atoms with van der Waals surface area (Å²) in [6, 6.07) is -0.0434. The number of carbonyl (C=O) groups is 1. The molecule has 1 fully saturated rings. The molecule has 1 saturated heterocycles. The molecule has 3 nitrogen and oxygen atoms in total. The van der Waals surface area contributed by atoms with Crippen molar-refractivity contribution in [2.45, 2.75) is 32.4 Å². The molecule has 1 heterocycles. The van der Waals surface area contributed by atoms with Crippen molar-refractivity contribution >= 4 is 6.03 Å². The molecule has 1 aliphatic rings. The zero-order valence-corrected chi connectivity index (χ0v) is 8.05. The standard InChI is InChI=1S/C9H17FN2O/c1-8(10)4-5-11-9(13)12-6-2-3-7-12/h8H,2-7H2,1H3,(H,11,13). The molecule has 2 amide bonds. The van der Waals surface area contributed by atoms with Crippen molar-refractivity contribution in [2.75, 3.05) is 19.6 Å². The highest BCUT2D eigenvalue weighted by Crippen LogP contribution is 2.06. The van der Waals surface area contributed by atoms with E-state index in [4.69, 9.17) is 0 Å². The first-order valence-corrected chi connectivity index (χ1v) is 4.87. The van der Waals surface area contributed by atoms with Crippen LogP contribution < -0.4 is 5.32 Å². The average molecular weight is 188 g/mol. The quantitative estimate of drug-likeness (QED) is 0.716. The number of rotatable bonds is 3. The van der Waals surface area contributed by atoms with Crippen molar-refractivity contribution in [1.82, 2.24) is 10.2 Å². The maximum Gasteiger partial charge on any atom is 0.317 e.